The lowest BCUT2D eigenvalue weighted by molar-refractivity contribution is 0.0697. The molecule has 1 aliphatic heterocycles. The number of rotatable bonds is 5. The first-order valence-corrected chi connectivity index (χ1v) is 8.49. The van der Waals surface area contributed by atoms with Crippen LogP contribution < -0.4 is 0 Å². The summed E-state index contributed by atoms with van der Waals surface area (Å²) in [5.74, 6) is -0.877. The quantitative estimate of drug-likeness (QED) is 0.903. The molecule has 0 saturated carbocycles. The number of carboxylic acids is 1. The van der Waals surface area contributed by atoms with Crippen LogP contribution in [0.1, 0.15) is 21.5 Å². The molecule has 0 spiro atoms. The molecule has 24 heavy (non-hydrogen) atoms. The summed E-state index contributed by atoms with van der Waals surface area (Å²) >= 11 is 5.92. The van der Waals surface area contributed by atoms with Crippen molar-refractivity contribution in [2.75, 3.05) is 26.2 Å². The lowest BCUT2D eigenvalue weighted by Crippen LogP contribution is -2.45. The van der Waals surface area contributed by atoms with Gasteiger partial charge in [0.25, 0.3) is 0 Å². The summed E-state index contributed by atoms with van der Waals surface area (Å²) in [4.78, 5) is 15.7. The molecule has 1 N–H and O–H groups in total. The first-order valence-electron chi connectivity index (χ1n) is 8.11. The van der Waals surface area contributed by atoms with Crippen LogP contribution in [-0.4, -0.2) is 47.1 Å². The van der Waals surface area contributed by atoms with Crippen molar-refractivity contribution in [2.24, 2.45) is 0 Å². The summed E-state index contributed by atoms with van der Waals surface area (Å²) in [6.45, 7) is 5.95. The van der Waals surface area contributed by atoms with Crippen LogP contribution in [0.5, 0.6) is 0 Å². The molecular weight excluding hydrogens is 324 g/mol. The average molecular weight is 345 g/mol. The fraction of sp³-hybridized carbons (Fsp3) is 0.316. The fourth-order valence-electron chi connectivity index (χ4n) is 2.96. The number of hydrogen-bond donors (Lipinski definition) is 1. The van der Waals surface area contributed by atoms with Crippen LogP contribution in [0.25, 0.3) is 0 Å². The zero-order chi connectivity index (χ0) is 16.9. The second-order valence-electron chi connectivity index (χ2n) is 6.18. The Hall–Kier alpha value is -1.88. The Morgan fingerprint density at radius 2 is 1.25 bits per heavy atom. The van der Waals surface area contributed by atoms with E-state index in [4.69, 9.17) is 16.7 Å². The number of piperazine rings is 1. The molecule has 0 aromatic heterocycles. The first kappa shape index (κ1) is 17.0. The molecule has 0 radical (unpaired) electrons. The van der Waals surface area contributed by atoms with Gasteiger partial charge in [-0.05, 0) is 35.4 Å². The van der Waals surface area contributed by atoms with E-state index in [0.29, 0.717) is 5.56 Å². The molecule has 4 nitrogen and oxygen atoms in total. The van der Waals surface area contributed by atoms with Crippen LogP contribution >= 0.6 is 11.6 Å². The monoisotopic (exact) mass is 344 g/mol. The molecule has 0 amide bonds. The highest BCUT2D eigenvalue weighted by Gasteiger charge is 2.17. The van der Waals surface area contributed by atoms with Gasteiger partial charge in [0.2, 0.25) is 0 Å². The highest BCUT2D eigenvalue weighted by Crippen LogP contribution is 2.14. The standard InChI is InChI=1S/C19H21ClN2O2/c20-18-7-3-16(4-8-18)14-22-11-9-21(10-12-22)13-15-1-5-17(6-2-15)19(23)24/h1-8H,9-14H2,(H,23,24). The molecule has 1 heterocycles. The predicted octanol–water partition coefficient (Wildman–Crippen LogP) is 3.36. The van der Waals surface area contributed by atoms with E-state index in [2.05, 4.69) is 21.9 Å². The number of halogens is 1. The van der Waals surface area contributed by atoms with Gasteiger partial charge in [-0.1, -0.05) is 35.9 Å². The van der Waals surface area contributed by atoms with Gasteiger partial charge < -0.3 is 5.11 Å². The third kappa shape index (κ3) is 4.57. The normalized spacial score (nSPS) is 16.2. The van der Waals surface area contributed by atoms with Crippen LogP contribution in [0.3, 0.4) is 0 Å². The van der Waals surface area contributed by atoms with E-state index in [1.165, 1.54) is 5.56 Å². The van der Waals surface area contributed by atoms with E-state index in [0.717, 1.165) is 49.9 Å². The van der Waals surface area contributed by atoms with Gasteiger partial charge in [0.15, 0.2) is 0 Å². The minimum atomic E-state index is -0.877. The molecule has 3 rings (SSSR count). The molecule has 2 aromatic carbocycles. The molecule has 5 heteroatoms. The number of carboxylic acid groups (broad SMARTS) is 1. The lowest BCUT2D eigenvalue weighted by atomic mass is 10.1. The van der Waals surface area contributed by atoms with Crippen LogP contribution in [0.4, 0.5) is 0 Å². The van der Waals surface area contributed by atoms with Gasteiger partial charge in [-0.15, -0.1) is 0 Å². The molecule has 1 saturated heterocycles. The van der Waals surface area contributed by atoms with Gasteiger partial charge in [0.05, 0.1) is 5.56 Å². The zero-order valence-electron chi connectivity index (χ0n) is 13.5. The Labute approximate surface area is 147 Å². The van der Waals surface area contributed by atoms with E-state index in [1.807, 2.05) is 24.3 Å². The molecular formula is C19H21ClN2O2. The maximum absolute atomic E-state index is 10.9. The minimum Gasteiger partial charge on any atom is -0.478 e. The molecule has 1 fully saturated rings. The van der Waals surface area contributed by atoms with Crippen LogP contribution in [0.2, 0.25) is 5.02 Å². The average Bonchev–Trinajstić information content (AvgIpc) is 2.59. The van der Waals surface area contributed by atoms with Gasteiger partial charge in [0.1, 0.15) is 0 Å². The smallest absolute Gasteiger partial charge is 0.335 e. The summed E-state index contributed by atoms with van der Waals surface area (Å²) in [6, 6.07) is 15.2. The van der Waals surface area contributed by atoms with E-state index in [-0.39, 0.29) is 0 Å². The van der Waals surface area contributed by atoms with Gasteiger partial charge >= 0.3 is 5.97 Å². The van der Waals surface area contributed by atoms with Gasteiger partial charge in [-0.2, -0.15) is 0 Å². The molecule has 0 bridgehead atoms. The number of carbonyl (C=O) groups is 1. The summed E-state index contributed by atoms with van der Waals surface area (Å²) in [5.41, 5.74) is 2.79. The Morgan fingerprint density at radius 1 is 0.833 bits per heavy atom. The van der Waals surface area contributed by atoms with Crippen LogP contribution in [0.15, 0.2) is 48.5 Å². The number of hydrogen-bond acceptors (Lipinski definition) is 3. The highest BCUT2D eigenvalue weighted by atomic mass is 35.5. The predicted molar refractivity (Wildman–Crippen MR) is 95.4 cm³/mol. The van der Waals surface area contributed by atoms with E-state index < -0.39 is 5.97 Å². The van der Waals surface area contributed by atoms with Crippen molar-refractivity contribution in [1.29, 1.82) is 0 Å². The second-order valence-corrected chi connectivity index (χ2v) is 6.62. The molecule has 0 atom stereocenters. The Balaban J connectivity index is 1.48. The number of aromatic carboxylic acids is 1. The topological polar surface area (TPSA) is 43.8 Å². The summed E-state index contributed by atoms with van der Waals surface area (Å²) in [6.07, 6.45) is 0. The Bertz CT molecular complexity index is 678. The largest absolute Gasteiger partial charge is 0.478 e. The summed E-state index contributed by atoms with van der Waals surface area (Å²) in [5, 5.41) is 9.71. The third-order valence-corrected chi connectivity index (χ3v) is 4.64. The van der Waals surface area contributed by atoms with Gasteiger partial charge in [-0.3, -0.25) is 9.80 Å². The summed E-state index contributed by atoms with van der Waals surface area (Å²) in [7, 11) is 0. The minimum absolute atomic E-state index is 0.339. The van der Waals surface area contributed by atoms with Gasteiger partial charge in [-0.25, -0.2) is 4.79 Å². The lowest BCUT2D eigenvalue weighted by Gasteiger charge is -2.34. The van der Waals surface area contributed by atoms with E-state index in [1.54, 1.807) is 12.1 Å². The van der Waals surface area contributed by atoms with Crippen molar-refractivity contribution in [2.45, 2.75) is 13.1 Å². The maximum Gasteiger partial charge on any atom is 0.335 e. The van der Waals surface area contributed by atoms with Crippen molar-refractivity contribution < 1.29 is 9.90 Å². The van der Waals surface area contributed by atoms with Crippen molar-refractivity contribution in [3.8, 4) is 0 Å². The third-order valence-electron chi connectivity index (χ3n) is 4.39. The molecule has 0 aliphatic carbocycles. The van der Waals surface area contributed by atoms with Crippen molar-refractivity contribution >= 4 is 17.6 Å². The fourth-order valence-corrected chi connectivity index (χ4v) is 3.09. The highest BCUT2D eigenvalue weighted by molar-refractivity contribution is 6.30. The molecule has 126 valence electrons. The Kier molecular flexibility index (Phi) is 5.51. The zero-order valence-corrected chi connectivity index (χ0v) is 14.2. The van der Waals surface area contributed by atoms with E-state index in [9.17, 15) is 4.79 Å². The van der Waals surface area contributed by atoms with Crippen molar-refractivity contribution in [3.63, 3.8) is 0 Å². The number of nitrogens with zero attached hydrogens (tertiary/aromatic N) is 2. The molecule has 2 aromatic rings. The van der Waals surface area contributed by atoms with Crippen LogP contribution in [-0.2, 0) is 13.1 Å². The van der Waals surface area contributed by atoms with Crippen LogP contribution in [0, 0.1) is 0 Å². The SMILES string of the molecule is O=C(O)c1ccc(CN2CCN(Cc3ccc(Cl)cc3)CC2)cc1. The van der Waals surface area contributed by atoms with Gasteiger partial charge in [0, 0.05) is 44.3 Å². The molecule has 0 unspecified atom stereocenters. The van der Waals surface area contributed by atoms with Crippen molar-refractivity contribution in [3.05, 3.63) is 70.2 Å². The Morgan fingerprint density at radius 3 is 1.67 bits per heavy atom. The summed E-state index contributed by atoms with van der Waals surface area (Å²) < 4.78 is 0. The first-order chi connectivity index (χ1) is 11.6. The van der Waals surface area contributed by atoms with Crippen molar-refractivity contribution in [1.82, 2.24) is 9.80 Å². The molecule has 1 aliphatic rings. The number of benzene rings is 2. The maximum atomic E-state index is 10.9. The van der Waals surface area contributed by atoms with E-state index >= 15 is 0 Å². The second kappa shape index (κ2) is 7.79.